The summed E-state index contributed by atoms with van der Waals surface area (Å²) in [5, 5.41) is 14.8. The van der Waals surface area contributed by atoms with Crippen molar-refractivity contribution in [2.24, 2.45) is 10.9 Å². The Bertz CT molecular complexity index is 491. The number of aromatic nitrogens is 3. The third-order valence-corrected chi connectivity index (χ3v) is 4.01. The van der Waals surface area contributed by atoms with Gasteiger partial charge in [-0.05, 0) is 12.8 Å². The van der Waals surface area contributed by atoms with Gasteiger partial charge in [0.25, 0.3) is 0 Å². The average molecular weight is 466 g/mol. The molecule has 0 aliphatic carbocycles. The number of aryl methyl sites for hydroxylation is 1. The van der Waals surface area contributed by atoms with E-state index in [0.717, 1.165) is 77.0 Å². The average Bonchev–Trinajstić information content (AvgIpc) is 3.27. The van der Waals surface area contributed by atoms with Crippen LogP contribution in [-0.2, 0) is 22.4 Å². The van der Waals surface area contributed by atoms with Crippen molar-refractivity contribution in [2.75, 3.05) is 46.6 Å². The van der Waals surface area contributed by atoms with Crippen molar-refractivity contribution < 1.29 is 9.47 Å². The fourth-order valence-electron chi connectivity index (χ4n) is 2.58. The van der Waals surface area contributed by atoms with E-state index < -0.39 is 0 Å². The minimum atomic E-state index is 0. The van der Waals surface area contributed by atoms with Crippen molar-refractivity contribution in [1.29, 1.82) is 0 Å². The maximum atomic E-state index is 5.41. The summed E-state index contributed by atoms with van der Waals surface area (Å²) in [4.78, 5) is 4.70. The van der Waals surface area contributed by atoms with Gasteiger partial charge in [-0.2, -0.15) is 0 Å². The Labute approximate surface area is 167 Å². The zero-order chi connectivity index (χ0) is 17.0. The minimum Gasteiger partial charge on any atom is -0.385 e. The number of nitrogens with zero attached hydrogens (tertiary/aromatic N) is 4. The van der Waals surface area contributed by atoms with Crippen molar-refractivity contribution in [3.8, 4) is 0 Å². The molecule has 1 aliphatic rings. The summed E-state index contributed by atoms with van der Waals surface area (Å²) in [5.74, 6) is 2.39. The Kier molecular flexibility index (Phi) is 11.7. The largest absolute Gasteiger partial charge is 0.385 e. The maximum absolute atomic E-state index is 5.41. The van der Waals surface area contributed by atoms with Gasteiger partial charge in [0.2, 0.25) is 0 Å². The molecule has 1 unspecified atom stereocenters. The lowest BCUT2D eigenvalue weighted by Crippen LogP contribution is -2.40. The third-order valence-electron chi connectivity index (χ3n) is 4.01. The summed E-state index contributed by atoms with van der Waals surface area (Å²) in [6.45, 7) is 7.75. The highest BCUT2D eigenvalue weighted by Gasteiger charge is 2.15. The molecule has 1 saturated heterocycles. The van der Waals surface area contributed by atoms with Gasteiger partial charge in [0.05, 0.1) is 6.61 Å². The van der Waals surface area contributed by atoms with E-state index in [1.54, 1.807) is 13.4 Å². The second-order valence-corrected chi connectivity index (χ2v) is 5.91. The normalized spacial score (nSPS) is 17.4. The van der Waals surface area contributed by atoms with Gasteiger partial charge in [-0.25, -0.2) is 0 Å². The first-order valence-electron chi connectivity index (χ1n) is 8.79. The van der Waals surface area contributed by atoms with Gasteiger partial charge in [-0.15, -0.1) is 34.2 Å². The highest BCUT2D eigenvalue weighted by molar-refractivity contribution is 14.0. The van der Waals surface area contributed by atoms with Crippen LogP contribution >= 0.6 is 24.0 Å². The molecule has 1 atom stereocenters. The lowest BCUT2D eigenvalue weighted by molar-refractivity contribution is 0.187. The highest BCUT2D eigenvalue weighted by Crippen LogP contribution is 2.11. The Morgan fingerprint density at radius 3 is 3.00 bits per heavy atom. The Morgan fingerprint density at radius 2 is 2.28 bits per heavy atom. The van der Waals surface area contributed by atoms with E-state index >= 15 is 0 Å². The fourth-order valence-corrected chi connectivity index (χ4v) is 2.58. The van der Waals surface area contributed by atoms with Crippen molar-refractivity contribution in [2.45, 2.75) is 32.7 Å². The quantitative estimate of drug-likeness (QED) is 0.232. The number of hydrogen-bond donors (Lipinski definition) is 2. The van der Waals surface area contributed by atoms with Crippen molar-refractivity contribution in [1.82, 2.24) is 25.4 Å². The van der Waals surface area contributed by atoms with E-state index in [0.29, 0.717) is 5.92 Å². The summed E-state index contributed by atoms with van der Waals surface area (Å²) in [7, 11) is 1.72. The first kappa shape index (κ1) is 22.1. The molecule has 2 rings (SSSR count). The van der Waals surface area contributed by atoms with E-state index in [2.05, 4.69) is 32.3 Å². The molecule has 2 heterocycles. The van der Waals surface area contributed by atoms with Crippen LogP contribution in [0.2, 0.25) is 0 Å². The van der Waals surface area contributed by atoms with Crippen LogP contribution in [0.25, 0.3) is 0 Å². The second kappa shape index (κ2) is 13.3. The number of hydrogen-bond acceptors (Lipinski definition) is 5. The third kappa shape index (κ3) is 8.32. The molecule has 144 valence electrons. The lowest BCUT2D eigenvalue weighted by Gasteiger charge is -2.14. The van der Waals surface area contributed by atoms with E-state index in [-0.39, 0.29) is 24.0 Å². The van der Waals surface area contributed by atoms with Crippen LogP contribution in [0.1, 0.15) is 25.6 Å². The van der Waals surface area contributed by atoms with Gasteiger partial charge in [0, 0.05) is 58.8 Å². The molecule has 0 amide bonds. The number of rotatable bonds is 10. The van der Waals surface area contributed by atoms with Gasteiger partial charge in [0.1, 0.15) is 12.2 Å². The topological polar surface area (TPSA) is 85.6 Å². The molecule has 0 saturated carbocycles. The summed E-state index contributed by atoms with van der Waals surface area (Å²) in [6.07, 6.45) is 4.72. The van der Waals surface area contributed by atoms with Crippen LogP contribution in [0.4, 0.5) is 0 Å². The van der Waals surface area contributed by atoms with Gasteiger partial charge in [0.15, 0.2) is 5.96 Å². The van der Waals surface area contributed by atoms with E-state index in [1.165, 1.54) is 0 Å². The predicted molar refractivity (Wildman–Crippen MR) is 109 cm³/mol. The SMILES string of the molecule is CCc1nncn1CCNC(=NCC1CCOC1)NCCCOC.I. The van der Waals surface area contributed by atoms with E-state index in [1.807, 2.05) is 0 Å². The lowest BCUT2D eigenvalue weighted by atomic mass is 10.1. The van der Waals surface area contributed by atoms with Crippen molar-refractivity contribution in [3.63, 3.8) is 0 Å². The highest BCUT2D eigenvalue weighted by atomic mass is 127. The van der Waals surface area contributed by atoms with Crippen molar-refractivity contribution in [3.05, 3.63) is 12.2 Å². The van der Waals surface area contributed by atoms with Crippen LogP contribution in [-0.4, -0.2) is 67.3 Å². The molecule has 0 radical (unpaired) electrons. The summed E-state index contributed by atoms with van der Waals surface area (Å²) >= 11 is 0. The maximum Gasteiger partial charge on any atom is 0.191 e. The van der Waals surface area contributed by atoms with Crippen LogP contribution in [0.15, 0.2) is 11.3 Å². The number of aliphatic imine (C=N–C) groups is 1. The Morgan fingerprint density at radius 1 is 1.44 bits per heavy atom. The van der Waals surface area contributed by atoms with Gasteiger partial charge in [-0.1, -0.05) is 6.92 Å². The monoisotopic (exact) mass is 466 g/mol. The van der Waals surface area contributed by atoms with Gasteiger partial charge >= 0.3 is 0 Å². The Balaban J connectivity index is 0.00000312. The zero-order valence-electron chi connectivity index (χ0n) is 15.2. The molecule has 0 aromatic carbocycles. The molecule has 8 nitrogen and oxygen atoms in total. The molecule has 1 aromatic rings. The molecular formula is C16H31IN6O2. The number of halogens is 1. The van der Waals surface area contributed by atoms with Gasteiger partial charge in [-0.3, -0.25) is 4.99 Å². The molecule has 1 aromatic heterocycles. The first-order chi connectivity index (χ1) is 11.8. The molecule has 0 spiro atoms. The molecule has 0 bridgehead atoms. The van der Waals surface area contributed by atoms with Crippen LogP contribution in [0.5, 0.6) is 0 Å². The number of guanidine groups is 1. The van der Waals surface area contributed by atoms with Crippen LogP contribution in [0, 0.1) is 5.92 Å². The minimum absolute atomic E-state index is 0. The molecular weight excluding hydrogens is 435 g/mol. The molecule has 1 aliphatic heterocycles. The fraction of sp³-hybridized carbons (Fsp3) is 0.812. The summed E-state index contributed by atoms with van der Waals surface area (Å²) in [6, 6.07) is 0. The molecule has 1 fully saturated rings. The zero-order valence-corrected chi connectivity index (χ0v) is 17.6. The Hall–Kier alpha value is -0.940. The number of nitrogens with one attached hydrogen (secondary N) is 2. The van der Waals surface area contributed by atoms with E-state index in [9.17, 15) is 0 Å². The van der Waals surface area contributed by atoms with Gasteiger partial charge < -0.3 is 24.7 Å². The number of ether oxygens (including phenoxy) is 2. The summed E-state index contributed by atoms with van der Waals surface area (Å²) in [5.41, 5.74) is 0. The second-order valence-electron chi connectivity index (χ2n) is 5.91. The number of methoxy groups -OCH3 is 1. The molecule has 25 heavy (non-hydrogen) atoms. The van der Waals surface area contributed by atoms with E-state index in [4.69, 9.17) is 14.5 Å². The smallest absolute Gasteiger partial charge is 0.191 e. The summed E-state index contributed by atoms with van der Waals surface area (Å²) < 4.78 is 12.6. The molecule has 9 heteroatoms. The van der Waals surface area contributed by atoms with Crippen LogP contribution < -0.4 is 10.6 Å². The standard InChI is InChI=1S/C16H30N6O2.HI/c1-3-15-21-20-13-22(15)8-7-18-16(17-6-4-9-23-2)19-11-14-5-10-24-12-14;/h13-14H,3-12H2,1-2H3,(H2,17,18,19);1H. The first-order valence-corrected chi connectivity index (χ1v) is 8.79. The molecule has 2 N–H and O–H groups in total. The van der Waals surface area contributed by atoms with Crippen molar-refractivity contribution >= 4 is 29.9 Å². The predicted octanol–water partition coefficient (Wildman–Crippen LogP) is 1.07. The van der Waals surface area contributed by atoms with Crippen LogP contribution in [0.3, 0.4) is 0 Å².